The summed E-state index contributed by atoms with van der Waals surface area (Å²) in [6.45, 7) is 6.51. The van der Waals surface area contributed by atoms with Gasteiger partial charge in [-0.2, -0.15) is 0 Å². The number of hydrogen-bond acceptors (Lipinski definition) is 2. The summed E-state index contributed by atoms with van der Waals surface area (Å²) in [5.41, 5.74) is 8.78. The molecule has 4 heteroatoms. The van der Waals surface area contributed by atoms with Gasteiger partial charge in [-0.25, -0.2) is 0 Å². The molecule has 0 heterocycles. The van der Waals surface area contributed by atoms with E-state index in [1.807, 2.05) is 30.3 Å². The quantitative estimate of drug-likeness (QED) is 0.805. The van der Waals surface area contributed by atoms with E-state index in [4.69, 9.17) is 5.73 Å². The highest BCUT2D eigenvalue weighted by atomic mass is 79.9. The van der Waals surface area contributed by atoms with E-state index in [0.29, 0.717) is 11.4 Å². The first kappa shape index (κ1) is 16.2. The molecule has 2 N–H and O–H groups in total. The number of hydrogen-bond donors (Lipinski definition) is 1. The Morgan fingerprint density at radius 3 is 2.24 bits per heavy atom. The summed E-state index contributed by atoms with van der Waals surface area (Å²) in [7, 11) is -1.06. The molecule has 2 nitrogen and oxygen atoms in total. The van der Waals surface area contributed by atoms with Gasteiger partial charge < -0.3 is 5.73 Å². The Morgan fingerprint density at radius 2 is 1.71 bits per heavy atom. The van der Waals surface area contributed by atoms with Crippen molar-refractivity contribution in [2.75, 3.05) is 5.73 Å². The van der Waals surface area contributed by atoms with Gasteiger partial charge in [-0.3, -0.25) is 4.21 Å². The summed E-state index contributed by atoms with van der Waals surface area (Å²) in [6, 6.07) is 13.6. The van der Waals surface area contributed by atoms with Crippen molar-refractivity contribution in [1.29, 1.82) is 0 Å². The third-order valence-electron chi connectivity index (χ3n) is 3.35. The molecule has 2 aromatic carbocycles. The number of halogens is 1. The average molecular weight is 366 g/mol. The van der Waals surface area contributed by atoms with E-state index in [1.54, 1.807) is 0 Å². The highest BCUT2D eigenvalue weighted by Gasteiger charge is 2.14. The zero-order chi connectivity index (χ0) is 15.6. The lowest BCUT2D eigenvalue weighted by molar-refractivity contribution is 0.589. The van der Waals surface area contributed by atoms with Gasteiger partial charge in [-0.15, -0.1) is 0 Å². The second kappa shape index (κ2) is 6.32. The van der Waals surface area contributed by atoms with Crippen molar-refractivity contribution >= 4 is 32.4 Å². The molecule has 2 rings (SSSR count). The van der Waals surface area contributed by atoms with Crippen LogP contribution in [0.25, 0.3) is 0 Å². The molecule has 0 spiro atoms. The largest absolute Gasteiger partial charge is 0.399 e. The van der Waals surface area contributed by atoms with Crippen molar-refractivity contribution in [2.24, 2.45) is 0 Å². The van der Waals surface area contributed by atoms with Crippen LogP contribution < -0.4 is 5.73 Å². The van der Waals surface area contributed by atoms with Crippen LogP contribution in [0, 0.1) is 0 Å². The zero-order valence-electron chi connectivity index (χ0n) is 12.5. The monoisotopic (exact) mass is 365 g/mol. The van der Waals surface area contributed by atoms with Gasteiger partial charge in [0.15, 0.2) is 0 Å². The minimum atomic E-state index is -1.06. The maximum absolute atomic E-state index is 12.5. The lowest BCUT2D eigenvalue weighted by Gasteiger charge is -2.19. The Kier molecular flexibility index (Phi) is 4.89. The fourth-order valence-electron chi connectivity index (χ4n) is 2.01. The molecule has 0 aliphatic carbocycles. The molecule has 0 aliphatic rings. The summed E-state index contributed by atoms with van der Waals surface area (Å²) in [4.78, 5) is 0.853. The molecule has 2 aromatic rings. The van der Waals surface area contributed by atoms with Crippen LogP contribution in [0.5, 0.6) is 0 Å². The summed E-state index contributed by atoms with van der Waals surface area (Å²) >= 11 is 3.47. The molecule has 21 heavy (non-hydrogen) atoms. The SMILES string of the molecule is CC(C)(C)c1ccc(S(=O)Cc2ccc(N)cc2Br)cc1. The fourth-order valence-corrected chi connectivity index (χ4v) is 3.87. The predicted molar refractivity (Wildman–Crippen MR) is 93.8 cm³/mol. The molecule has 0 amide bonds. The van der Waals surface area contributed by atoms with Crippen molar-refractivity contribution in [3.63, 3.8) is 0 Å². The van der Waals surface area contributed by atoms with E-state index in [9.17, 15) is 4.21 Å². The Morgan fingerprint density at radius 1 is 1.10 bits per heavy atom. The molecule has 1 unspecified atom stereocenters. The van der Waals surface area contributed by atoms with Gasteiger partial charge in [0.2, 0.25) is 0 Å². The van der Waals surface area contributed by atoms with E-state index in [-0.39, 0.29) is 5.41 Å². The molecule has 0 radical (unpaired) electrons. The van der Waals surface area contributed by atoms with Crippen LogP contribution in [-0.2, 0) is 22.0 Å². The number of nitrogen functional groups attached to an aromatic ring is 1. The van der Waals surface area contributed by atoms with Gasteiger partial charge in [0, 0.05) is 15.1 Å². The Hall–Kier alpha value is -1.13. The van der Waals surface area contributed by atoms with Crippen LogP contribution in [-0.4, -0.2) is 4.21 Å². The first-order valence-corrected chi connectivity index (χ1v) is 8.91. The number of anilines is 1. The minimum Gasteiger partial charge on any atom is -0.399 e. The maximum atomic E-state index is 12.5. The lowest BCUT2D eigenvalue weighted by atomic mass is 9.87. The number of nitrogens with two attached hydrogens (primary N) is 1. The summed E-state index contributed by atoms with van der Waals surface area (Å²) < 4.78 is 13.4. The van der Waals surface area contributed by atoms with E-state index < -0.39 is 10.8 Å². The van der Waals surface area contributed by atoms with Crippen LogP contribution in [0.2, 0.25) is 0 Å². The highest BCUT2D eigenvalue weighted by Crippen LogP contribution is 2.25. The van der Waals surface area contributed by atoms with Crippen LogP contribution in [0.15, 0.2) is 51.8 Å². The second-order valence-corrected chi connectivity index (χ2v) is 8.42. The minimum absolute atomic E-state index is 0.111. The summed E-state index contributed by atoms with van der Waals surface area (Å²) in [6.07, 6.45) is 0. The van der Waals surface area contributed by atoms with Crippen LogP contribution in [0.3, 0.4) is 0 Å². The van der Waals surface area contributed by atoms with Crippen molar-refractivity contribution < 1.29 is 4.21 Å². The molecule has 112 valence electrons. The molecule has 1 atom stereocenters. The molecular formula is C17H20BrNOS. The van der Waals surface area contributed by atoms with Crippen molar-refractivity contribution in [2.45, 2.75) is 36.8 Å². The summed E-state index contributed by atoms with van der Waals surface area (Å²) in [5, 5.41) is 0. The third-order valence-corrected chi connectivity index (χ3v) is 5.46. The van der Waals surface area contributed by atoms with Gasteiger partial charge in [-0.1, -0.05) is 54.9 Å². The maximum Gasteiger partial charge on any atom is 0.0574 e. The van der Waals surface area contributed by atoms with E-state index in [0.717, 1.165) is 14.9 Å². The zero-order valence-corrected chi connectivity index (χ0v) is 14.9. The first-order chi connectivity index (χ1) is 9.77. The molecule has 0 aliphatic heterocycles. The Labute approximate surface area is 137 Å². The van der Waals surface area contributed by atoms with Crippen LogP contribution in [0.4, 0.5) is 5.69 Å². The number of benzene rings is 2. The number of rotatable bonds is 3. The third kappa shape index (κ3) is 4.17. The summed E-state index contributed by atoms with van der Waals surface area (Å²) in [5.74, 6) is 0.482. The highest BCUT2D eigenvalue weighted by molar-refractivity contribution is 9.10. The van der Waals surface area contributed by atoms with Gasteiger partial charge in [0.05, 0.1) is 16.6 Å². The second-order valence-electron chi connectivity index (χ2n) is 6.12. The van der Waals surface area contributed by atoms with Gasteiger partial charge in [0.25, 0.3) is 0 Å². The van der Waals surface area contributed by atoms with Gasteiger partial charge in [-0.05, 0) is 40.8 Å². The topological polar surface area (TPSA) is 43.1 Å². The van der Waals surface area contributed by atoms with E-state index in [1.165, 1.54) is 5.56 Å². The molecule has 0 fully saturated rings. The van der Waals surface area contributed by atoms with Gasteiger partial charge in [0.1, 0.15) is 0 Å². The van der Waals surface area contributed by atoms with Crippen molar-refractivity contribution in [3.8, 4) is 0 Å². The normalized spacial score (nSPS) is 13.1. The molecular weight excluding hydrogens is 346 g/mol. The molecule has 0 saturated carbocycles. The smallest absolute Gasteiger partial charge is 0.0574 e. The molecule has 0 saturated heterocycles. The standard InChI is InChI=1S/C17H20BrNOS/c1-17(2,3)13-5-8-15(9-6-13)21(20)11-12-4-7-14(19)10-16(12)18/h4-10H,11,19H2,1-3H3. The van der Waals surface area contributed by atoms with Crippen molar-refractivity contribution in [1.82, 2.24) is 0 Å². The van der Waals surface area contributed by atoms with E-state index >= 15 is 0 Å². The first-order valence-electron chi connectivity index (χ1n) is 6.80. The van der Waals surface area contributed by atoms with Crippen molar-refractivity contribution in [3.05, 3.63) is 58.1 Å². The van der Waals surface area contributed by atoms with E-state index in [2.05, 4.69) is 48.8 Å². The average Bonchev–Trinajstić information content (AvgIpc) is 2.41. The predicted octanol–water partition coefficient (Wildman–Crippen LogP) is 4.64. The lowest BCUT2D eigenvalue weighted by Crippen LogP contribution is -2.10. The molecule has 0 aromatic heterocycles. The Bertz CT molecular complexity index is 659. The van der Waals surface area contributed by atoms with Crippen LogP contribution >= 0.6 is 15.9 Å². The van der Waals surface area contributed by atoms with Gasteiger partial charge >= 0.3 is 0 Å². The fraction of sp³-hybridized carbons (Fsp3) is 0.294. The molecule has 0 bridgehead atoms. The van der Waals surface area contributed by atoms with Crippen LogP contribution in [0.1, 0.15) is 31.9 Å². The Balaban J connectivity index is 2.17.